The molecule has 1 saturated heterocycles. The van der Waals surface area contributed by atoms with E-state index >= 15 is 0 Å². The second-order valence-corrected chi connectivity index (χ2v) is 10.5. The number of nitrogens with zero attached hydrogens (tertiary/aromatic N) is 3. The number of aliphatic imine (C=N–C) groups is 1. The van der Waals surface area contributed by atoms with Crippen LogP contribution in [0.25, 0.3) is 0 Å². The number of guanidine groups is 1. The van der Waals surface area contributed by atoms with Crippen LogP contribution in [0, 0.1) is 0 Å². The lowest BCUT2D eigenvalue weighted by molar-refractivity contribution is 0.00700. The Morgan fingerprint density at radius 2 is 1.81 bits per heavy atom. The van der Waals surface area contributed by atoms with Crippen LogP contribution in [0.1, 0.15) is 33.3 Å². The van der Waals surface area contributed by atoms with Crippen LogP contribution in [-0.2, 0) is 21.3 Å². The third-order valence-corrected chi connectivity index (χ3v) is 6.17. The molecule has 1 aliphatic heterocycles. The number of ether oxygens (including phenoxy) is 1. The fraction of sp³-hybridized carbons (Fsp3) is 0.600. The molecule has 31 heavy (non-hydrogen) atoms. The van der Waals surface area contributed by atoms with Gasteiger partial charge in [0.05, 0.1) is 17.5 Å². The van der Waals surface area contributed by atoms with Crippen molar-refractivity contribution in [3.05, 3.63) is 29.8 Å². The van der Waals surface area contributed by atoms with Gasteiger partial charge < -0.3 is 20.3 Å². The molecule has 0 radical (unpaired) electrons. The zero-order valence-electron chi connectivity index (χ0n) is 19.0. The van der Waals surface area contributed by atoms with Gasteiger partial charge in [0.1, 0.15) is 5.60 Å². The predicted molar refractivity (Wildman–Crippen MR) is 132 cm³/mol. The maximum absolute atomic E-state index is 12.1. The summed E-state index contributed by atoms with van der Waals surface area (Å²) in [5, 5.41) is 6.50. The van der Waals surface area contributed by atoms with E-state index < -0.39 is 15.6 Å². The van der Waals surface area contributed by atoms with E-state index in [-0.39, 0.29) is 41.0 Å². The highest BCUT2D eigenvalue weighted by Gasteiger charge is 2.34. The van der Waals surface area contributed by atoms with Crippen molar-refractivity contribution in [3.8, 4) is 0 Å². The van der Waals surface area contributed by atoms with Crippen molar-refractivity contribution in [2.75, 3.05) is 33.7 Å². The van der Waals surface area contributed by atoms with Crippen molar-refractivity contribution < 1.29 is 17.9 Å². The number of carbonyl (C=O) groups is 1. The molecular formula is C20H34IN5O4S. The molecule has 1 heterocycles. The van der Waals surface area contributed by atoms with Gasteiger partial charge in [0.2, 0.25) is 10.0 Å². The van der Waals surface area contributed by atoms with Gasteiger partial charge in [-0.15, -0.1) is 24.0 Å². The Balaban J connectivity index is 0.00000480. The van der Waals surface area contributed by atoms with Crippen molar-refractivity contribution in [1.82, 2.24) is 19.8 Å². The SMILES string of the molecule is CCNC(=NCc1ccc(S(=O)(=O)N(C)C)cc1)NC1CN(C(=O)OC(C)(C)C)C1.I. The number of sulfonamides is 1. The van der Waals surface area contributed by atoms with Crippen LogP contribution in [0.15, 0.2) is 34.2 Å². The molecule has 176 valence electrons. The molecule has 0 aromatic heterocycles. The minimum atomic E-state index is -3.44. The van der Waals surface area contributed by atoms with Crippen LogP contribution in [0.3, 0.4) is 0 Å². The molecule has 2 rings (SSSR count). The Kier molecular flexibility index (Phi) is 10.0. The third kappa shape index (κ3) is 8.11. The Bertz CT molecular complexity index is 861. The molecule has 1 aromatic rings. The van der Waals surface area contributed by atoms with E-state index in [1.165, 1.54) is 18.4 Å². The maximum atomic E-state index is 12.1. The third-order valence-electron chi connectivity index (χ3n) is 4.34. The number of benzene rings is 1. The summed E-state index contributed by atoms with van der Waals surface area (Å²) in [4.78, 5) is 18.5. The van der Waals surface area contributed by atoms with E-state index in [2.05, 4.69) is 15.6 Å². The van der Waals surface area contributed by atoms with Crippen molar-refractivity contribution in [3.63, 3.8) is 0 Å². The number of rotatable bonds is 6. The normalized spacial score (nSPS) is 15.2. The van der Waals surface area contributed by atoms with E-state index in [1.807, 2.05) is 27.7 Å². The minimum Gasteiger partial charge on any atom is -0.444 e. The van der Waals surface area contributed by atoms with Gasteiger partial charge in [-0.3, -0.25) is 0 Å². The van der Waals surface area contributed by atoms with E-state index in [4.69, 9.17) is 4.74 Å². The van der Waals surface area contributed by atoms with E-state index in [0.717, 1.165) is 5.56 Å². The lowest BCUT2D eigenvalue weighted by atomic mass is 10.1. The number of likely N-dealkylation sites (tertiary alicyclic amines) is 1. The van der Waals surface area contributed by atoms with Crippen molar-refractivity contribution >= 4 is 46.1 Å². The van der Waals surface area contributed by atoms with Crippen molar-refractivity contribution in [2.24, 2.45) is 4.99 Å². The van der Waals surface area contributed by atoms with Crippen molar-refractivity contribution in [2.45, 2.75) is 50.8 Å². The molecule has 1 aliphatic rings. The zero-order chi connectivity index (χ0) is 22.5. The van der Waals surface area contributed by atoms with Crippen LogP contribution >= 0.6 is 24.0 Å². The first kappa shape index (κ1) is 27.4. The number of amides is 1. The van der Waals surface area contributed by atoms with E-state index in [1.54, 1.807) is 29.2 Å². The van der Waals surface area contributed by atoms with E-state index in [0.29, 0.717) is 32.1 Å². The van der Waals surface area contributed by atoms with Gasteiger partial charge >= 0.3 is 6.09 Å². The molecule has 0 unspecified atom stereocenters. The zero-order valence-corrected chi connectivity index (χ0v) is 22.2. The molecular weight excluding hydrogens is 533 g/mol. The lowest BCUT2D eigenvalue weighted by Gasteiger charge is -2.40. The Hall–Kier alpha value is -1.60. The van der Waals surface area contributed by atoms with Gasteiger partial charge in [-0.1, -0.05) is 12.1 Å². The summed E-state index contributed by atoms with van der Waals surface area (Å²) in [6.07, 6.45) is -0.310. The minimum absolute atomic E-state index is 0. The summed E-state index contributed by atoms with van der Waals surface area (Å²) in [5.74, 6) is 0.649. The van der Waals surface area contributed by atoms with Gasteiger partial charge in [-0.05, 0) is 45.4 Å². The van der Waals surface area contributed by atoms with Crippen LogP contribution in [0.4, 0.5) is 4.79 Å². The Morgan fingerprint density at radius 3 is 2.29 bits per heavy atom. The molecule has 2 N–H and O–H groups in total. The summed E-state index contributed by atoms with van der Waals surface area (Å²) >= 11 is 0. The summed E-state index contributed by atoms with van der Waals surface area (Å²) in [6, 6.07) is 6.80. The molecule has 0 atom stereocenters. The summed E-state index contributed by atoms with van der Waals surface area (Å²) < 4.78 is 30.8. The summed E-state index contributed by atoms with van der Waals surface area (Å²) in [5.41, 5.74) is 0.391. The quantitative estimate of drug-likeness (QED) is 0.311. The highest BCUT2D eigenvalue weighted by atomic mass is 127. The largest absolute Gasteiger partial charge is 0.444 e. The number of carbonyl (C=O) groups excluding carboxylic acids is 1. The molecule has 1 fully saturated rings. The molecule has 0 aliphatic carbocycles. The Labute approximate surface area is 202 Å². The van der Waals surface area contributed by atoms with E-state index in [9.17, 15) is 13.2 Å². The molecule has 0 spiro atoms. The maximum Gasteiger partial charge on any atom is 0.410 e. The van der Waals surface area contributed by atoms with Gasteiger partial charge in [-0.25, -0.2) is 22.5 Å². The fourth-order valence-electron chi connectivity index (χ4n) is 2.71. The molecule has 1 aromatic carbocycles. The van der Waals surface area contributed by atoms with Gasteiger partial charge in [0.25, 0.3) is 0 Å². The first-order valence-electron chi connectivity index (χ1n) is 9.96. The smallest absolute Gasteiger partial charge is 0.410 e. The van der Waals surface area contributed by atoms with Gasteiger partial charge in [-0.2, -0.15) is 0 Å². The topological polar surface area (TPSA) is 103 Å². The Morgan fingerprint density at radius 1 is 1.23 bits per heavy atom. The standard InChI is InChI=1S/C20H33N5O4S.HI/c1-7-21-18(23-16-13-25(14-16)19(26)29-20(2,3)4)22-12-15-8-10-17(11-9-15)30(27,28)24(5)6;/h8-11,16H,7,12-14H2,1-6H3,(H2,21,22,23);1H. The number of nitrogens with one attached hydrogen (secondary N) is 2. The fourth-order valence-corrected chi connectivity index (χ4v) is 3.61. The second-order valence-electron chi connectivity index (χ2n) is 8.35. The molecule has 9 nitrogen and oxygen atoms in total. The van der Waals surface area contributed by atoms with Crippen LogP contribution in [-0.4, -0.2) is 75.0 Å². The van der Waals surface area contributed by atoms with Crippen LogP contribution in [0.2, 0.25) is 0 Å². The molecule has 11 heteroatoms. The highest BCUT2D eigenvalue weighted by molar-refractivity contribution is 14.0. The first-order valence-corrected chi connectivity index (χ1v) is 11.4. The first-order chi connectivity index (χ1) is 13.9. The average molecular weight is 567 g/mol. The average Bonchev–Trinajstić information content (AvgIpc) is 2.60. The summed E-state index contributed by atoms with van der Waals surface area (Å²) in [6.45, 7) is 9.73. The molecule has 1 amide bonds. The molecule has 0 bridgehead atoms. The van der Waals surface area contributed by atoms with Gasteiger partial charge in [0, 0.05) is 33.7 Å². The predicted octanol–water partition coefficient (Wildman–Crippen LogP) is 2.23. The van der Waals surface area contributed by atoms with Crippen LogP contribution < -0.4 is 10.6 Å². The molecule has 0 saturated carbocycles. The number of hydrogen-bond donors (Lipinski definition) is 2. The van der Waals surface area contributed by atoms with Crippen LogP contribution in [0.5, 0.6) is 0 Å². The lowest BCUT2D eigenvalue weighted by Crippen LogP contribution is -2.63. The second kappa shape index (κ2) is 11.3. The highest BCUT2D eigenvalue weighted by Crippen LogP contribution is 2.16. The monoisotopic (exact) mass is 567 g/mol. The van der Waals surface area contributed by atoms with Crippen molar-refractivity contribution in [1.29, 1.82) is 0 Å². The van der Waals surface area contributed by atoms with Gasteiger partial charge in [0.15, 0.2) is 5.96 Å². The summed E-state index contributed by atoms with van der Waals surface area (Å²) in [7, 11) is -0.426. The number of halogens is 1. The number of hydrogen-bond acceptors (Lipinski definition) is 5.